The first-order valence-electron chi connectivity index (χ1n) is 6.68. The van der Waals surface area contributed by atoms with E-state index < -0.39 is 0 Å². The number of hydrogen-bond acceptors (Lipinski definition) is 3. The summed E-state index contributed by atoms with van der Waals surface area (Å²) in [5.41, 5.74) is 0.533. The lowest BCUT2D eigenvalue weighted by molar-refractivity contribution is -0.122. The van der Waals surface area contributed by atoms with Gasteiger partial charge in [0.25, 0.3) is 0 Å². The van der Waals surface area contributed by atoms with Crippen molar-refractivity contribution >= 4 is 5.91 Å². The molecule has 0 atom stereocenters. The SMILES string of the molecule is CC(C)COc1c[nH]c(CNC(=O)C2CC2)cc1=O. The number of pyridine rings is 1. The molecular formula is C14H20N2O3. The Balaban J connectivity index is 1.90. The predicted molar refractivity (Wildman–Crippen MR) is 72.0 cm³/mol. The van der Waals surface area contributed by atoms with E-state index in [4.69, 9.17) is 4.74 Å². The average Bonchev–Trinajstić information content (AvgIpc) is 3.18. The summed E-state index contributed by atoms with van der Waals surface area (Å²) < 4.78 is 5.40. The Bertz CT molecular complexity index is 504. The van der Waals surface area contributed by atoms with Gasteiger partial charge in [-0.05, 0) is 18.8 Å². The fraction of sp³-hybridized carbons (Fsp3) is 0.571. The molecule has 0 unspecified atom stereocenters. The molecule has 1 saturated carbocycles. The van der Waals surface area contributed by atoms with Gasteiger partial charge in [0, 0.05) is 23.9 Å². The van der Waals surface area contributed by atoms with Crippen LogP contribution >= 0.6 is 0 Å². The van der Waals surface area contributed by atoms with Crippen LogP contribution < -0.4 is 15.5 Å². The predicted octanol–water partition coefficient (Wildman–Crippen LogP) is 1.44. The van der Waals surface area contributed by atoms with E-state index in [1.807, 2.05) is 13.8 Å². The maximum atomic E-state index is 11.8. The van der Waals surface area contributed by atoms with Crippen molar-refractivity contribution in [1.82, 2.24) is 10.3 Å². The van der Waals surface area contributed by atoms with Crippen molar-refractivity contribution in [3.63, 3.8) is 0 Å². The van der Waals surface area contributed by atoms with Crippen LogP contribution in [0.3, 0.4) is 0 Å². The number of carbonyl (C=O) groups excluding carboxylic acids is 1. The summed E-state index contributed by atoms with van der Waals surface area (Å²) >= 11 is 0. The van der Waals surface area contributed by atoms with Gasteiger partial charge in [-0.15, -0.1) is 0 Å². The molecule has 1 fully saturated rings. The Labute approximate surface area is 112 Å². The smallest absolute Gasteiger partial charge is 0.223 e. The summed E-state index contributed by atoms with van der Waals surface area (Å²) in [6, 6.07) is 1.48. The molecule has 1 aromatic heterocycles. The third-order valence-corrected chi connectivity index (χ3v) is 2.91. The molecule has 0 spiro atoms. The number of aromatic nitrogens is 1. The van der Waals surface area contributed by atoms with E-state index in [1.54, 1.807) is 6.20 Å². The molecule has 2 rings (SSSR count). The molecule has 19 heavy (non-hydrogen) atoms. The van der Waals surface area contributed by atoms with Gasteiger partial charge in [0.1, 0.15) is 0 Å². The summed E-state index contributed by atoms with van der Waals surface area (Å²) in [5.74, 6) is 0.948. The Kier molecular flexibility index (Phi) is 4.24. The summed E-state index contributed by atoms with van der Waals surface area (Å²) in [6.07, 6.45) is 3.51. The second kappa shape index (κ2) is 5.91. The summed E-state index contributed by atoms with van der Waals surface area (Å²) in [5, 5.41) is 2.81. The van der Waals surface area contributed by atoms with E-state index in [9.17, 15) is 9.59 Å². The van der Waals surface area contributed by atoms with Crippen LogP contribution in [0.5, 0.6) is 5.75 Å². The van der Waals surface area contributed by atoms with Crippen LogP contribution in [0.1, 0.15) is 32.4 Å². The minimum Gasteiger partial charge on any atom is -0.488 e. The highest BCUT2D eigenvalue weighted by Crippen LogP contribution is 2.28. The quantitative estimate of drug-likeness (QED) is 0.816. The first-order chi connectivity index (χ1) is 9.06. The Hall–Kier alpha value is -1.78. The molecule has 2 N–H and O–H groups in total. The maximum absolute atomic E-state index is 11.8. The highest BCUT2D eigenvalue weighted by Gasteiger charge is 2.29. The van der Waals surface area contributed by atoms with Crippen molar-refractivity contribution in [2.24, 2.45) is 11.8 Å². The average molecular weight is 264 g/mol. The van der Waals surface area contributed by atoms with Crippen molar-refractivity contribution in [3.05, 3.63) is 28.2 Å². The second-order valence-electron chi connectivity index (χ2n) is 5.38. The van der Waals surface area contributed by atoms with Gasteiger partial charge < -0.3 is 15.0 Å². The van der Waals surface area contributed by atoms with Gasteiger partial charge in [-0.25, -0.2) is 0 Å². The van der Waals surface area contributed by atoms with Crippen LogP contribution in [-0.4, -0.2) is 17.5 Å². The molecule has 0 radical (unpaired) electrons. The van der Waals surface area contributed by atoms with Gasteiger partial charge in [0.2, 0.25) is 11.3 Å². The molecule has 1 heterocycles. The zero-order valence-corrected chi connectivity index (χ0v) is 11.4. The molecule has 1 aliphatic carbocycles. The van der Waals surface area contributed by atoms with Crippen molar-refractivity contribution in [1.29, 1.82) is 0 Å². The van der Waals surface area contributed by atoms with Gasteiger partial charge in [-0.3, -0.25) is 9.59 Å². The van der Waals surface area contributed by atoms with Crippen LogP contribution in [-0.2, 0) is 11.3 Å². The van der Waals surface area contributed by atoms with Crippen molar-refractivity contribution < 1.29 is 9.53 Å². The lowest BCUT2D eigenvalue weighted by Crippen LogP contribution is -2.25. The van der Waals surface area contributed by atoms with Crippen LogP contribution in [0.2, 0.25) is 0 Å². The van der Waals surface area contributed by atoms with Gasteiger partial charge in [0.15, 0.2) is 5.75 Å². The second-order valence-corrected chi connectivity index (χ2v) is 5.38. The molecular weight excluding hydrogens is 244 g/mol. The highest BCUT2D eigenvalue weighted by molar-refractivity contribution is 5.80. The van der Waals surface area contributed by atoms with Crippen LogP contribution in [0, 0.1) is 11.8 Å². The minimum absolute atomic E-state index is 0.0704. The fourth-order valence-electron chi connectivity index (χ4n) is 1.64. The van der Waals surface area contributed by atoms with Gasteiger partial charge in [-0.1, -0.05) is 13.8 Å². The lowest BCUT2D eigenvalue weighted by Gasteiger charge is -2.09. The third kappa shape index (κ3) is 4.12. The summed E-state index contributed by atoms with van der Waals surface area (Å²) in [6.45, 7) is 4.92. The third-order valence-electron chi connectivity index (χ3n) is 2.91. The monoisotopic (exact) mass is 264 g/mol. The molecule has 1 aromatic rings. The number of H-pyrrole nitrogens is 1. The molecule has 1 aliphatic rings. The van der Waals surface area contributed by atoms with E-state index in [2.05, 4.69) is 10.3 Å². The molecule has 0 aliphatic heterocycles. The molecule has 0 bridgehead atoms. The summed E-state index contributed by atoms with van der Waals surface area (Å²) in [4.78, 5) is 26.2. The number of amides is 1. The number of aromatic amines is 1. The minimum atomic E-state index is -0.157. The standard InChI is InChI=1S/C14H20N2O3/c1-9(2)8-19-13-7-15-11(5-12(13)17)6-16-14(18)10-3-4-10/h5,7,9-10H,3-4,6,8H2,1-2H3,(H,15,17)(H,16,18). The number of nitrogens with one attached hydrogen (secondary N) is 2. The first kappa shape index (κ1) is 13.6. The molecule has 5 nitrogen and oxygen atoms in total. The van der Waals surface area contributed by atoms with E-state index >= 15 is 0 Å². The van der Waals surface area contributed by atoms with Crippen LogP contribution in [0.25, 0.3) is 0 Å². The molecule has 104 valence electrons. The maximum Gasteiger partial charge on any atom is 0.223 e. The fourth-order valence-corrected chi connectivity index (χ4v) is 1.64. The normalized spacial score (nSPS) is 14.5. The van der Waals surface area contributed by atoms with Crippen molar-refractivity contribution in [2.45, 2.75) is 33.2 Å². The Morgan fingerprint density at radius 3 is 2.84 bits per heavy atom. The topological polar surface area (TPSA) is 71.2 Å². The van der Waals surface area contributed by atoms with Crippen LogP contribution in [0.4, 0.5) is 0 Å². The molecule has 0 saturated heterocycles. The number of ether oxygens (including phenoxy) is 1. The molecule has 0 aromatic carbocycles. The van der Waals surface area contributed by atoms with Crippen molar-refractivity contribution in [2.75, 3.05) is 6.61 Å². The largest absolute Gasteiger partial charge is 0.488 e. The first-order valence-corrected chi connectivity index (χ1v) is 6.68. The Morgan fingerprint density at radius 1 is 1.53 bits per heavy atom. The van der Waals surface area contributed by atoms with Gasteiger partial charge in [0.05, 0.1) is 13.2 Å². The number of carbonyl (C=O) groups is 1. The van der Waals surface area contributed by atoms with Gasteiger partial charge in [-0.2, -0.15) is 0 Å². The van der Waals surface area contributed by atoms with E-state index in [0.29, 0.717) is 30.5 Å². The zero-order valence-electron chi connectivity index (χ0n) is 11.4. The Morgan fingerprint density at radius 2 is 2.26 bits per heavy atom. The van der Waals surface area contributed by atoms with E-state index in [-0.39, 0.29) is 17.3 Å². The van der Waals surface area contributed by atoms with E-state index in [0.717, 1.165) is 12.8 Å². The van der Waals surface area contributed by atoms with E-state index in [1.165, 1.54) is 6.07 Å². The lowest BCUT2D eigenvalue weighted by atomic mass is 10.2. The number of rotatable bonds is 6. The zero-order chi connectivity index (χ0) is 13.8. The number of hydrogen-bond donors (Lipinski definition) is 2. The molecule has 5 heteroatoms. The summed E-state index contributed by atoms with van der Waals surface area (Å²) in [7, 11) is 0. The van der Waals surface area contributed by atoms with Crippen molar-refractivity contribution in [3.8, 4) is 5.75 Å². The molecule has 1 amide bonds. The van der Waals surface area contributed by atoms with Gasteiger partial charge >= 0.3 is 0 Å². The van der Waals surface area contributed by atoms with Crippen LogP contribution in [0.15, 0.2) is 17.1 Å². The highest BCUT2D eigenvalue weighted by atomic mass is 16.5.